The molecule has 0 unspecified atom stereocenters. The van der Waals surface area contributed by atoms with Crippen LogP contribution in [0.4, 0.5) is 10.5 Å². The van der Waals surface area contributed by atoms with Crippen molar-refractivity contribution >= 4 is 23.3 Å². The van der Waals surface area contributed by atoms with Gasteiger partial charge in [0.15, 0.2) is 11.6 Å². The molecule has 4 rings (SSSR count). The van der Waals surface area contributed by atoms with Crippen LogP contribution < -0.4 is 5.32 Å². The number of anilines is 1. The topological polar surface area (TPSA) is 72.5 Å². The first kappa shape index (κ1) is 16.7. The molecule has 5 heteroatoms. The molecule has 27 heavy (non-hydrogen) atoms. The molecule has 132 valence electrons. The van der Waals surface area contributed by atoms with Crippen LogP contribution in [0.15, 0.2) is 72.8 Å². The zero-order valence-electron chi connectivity index (χ0n) is 14.3. The highest BCUT2D eigenvalue weighted by molar-refractivity contribution is 6.28. The van der Waals surface area contributed by atoms with Crippen LogP contribution in [0, 0.1) is 0 Å². The van der Waals surface area contributed by atoms with E-state index < -0.39 is 6.09 Å². The van der Waals surface area contributed by atoms with Crippen molar-refractivity contribution in [2.45, 2.75) is 6.61 Å². The fraction of sp³-hybridized carbons (Fsp3) is 0.0455. The summed E-state index contributed by atoms with van der Waals surface area (Å²) in [5.41, 5.74) is 2.65. The molecule has 0 heterocycles. The summed E-state index contributed by atoms with van der Waals surface area (Å²) in [7, 11) is 0. The zero-order chi connectivity index (χ0) is 18.8. The molecule has 0 atom stereocenters. The molecule has 1 amide bonds. The summed E-state index contributed by atoms with van der Waals surface area (Å²) in [5, 5.41) is 2.60. The second-order valence-electron chi connectivity index (χ2n) is 6.15. The fourth-order valence-corrected chi connectivity index (χ4v) is 3.05. The van der Waals surface area contributed by atoms with E-state index in [1.165, 1.54) is 6.07 Å². The molecule has 0 bridgehead atoms. The van der Waals surface area contributed by atoms with Gasteiger partial charge >= 0.3 is 6.09 Å². The van der Waals surface area contributed by atoms with Crippen LogP contribution in [-0.4, -0.2) is 17.7 Å². The van der Waals surface area contributed by atoms with E-state index in [0.717, 1.165) is 5.56 Å². The zero-order valence-corrected chi connectivity index (χ0v) is 14.3. The lowest BCUT2D eigenvalue weighted by atomic mass is 9.84. The maximum absolute atomic E-state index is 12.7. The molecule has 1 N–H and O–H groups in total. The minimum absolute atomic E-state index is 0.141. The van der Waals surface area contributed by atoms with E-state index in [2.05, 4.69) is 5.32 Å². The van der Waals surface area contributed by atoms with Gasteiger partial charge in [0, 0.05) is 27.9 Å². The molecule has 0 fully saturated rings. The number of hydrogen-bond donors (Lipinski definition) is 1. The Morgan fingerprint density at radius 1 is 0.741 bits per heavy atom. The number of rotatable bonds is 3. The van der Waals surface area contributed by atoms with Gasteiger partial charge in [0.2, 0.25) is 0 Å². The van der Waals surface area contributed by atoms with Crippen LogP contribution in [0.25, 0.3) is 0 Å². The Hall–Kier alpha value is -3.73. The monoisotopic (exact) mass is 357 g/mol. The summed E-state index contributed by atoms with van der Waals surface area (Å²) in [6.07, 6.45) is -0.631. The molecular weight excluding hydrogens is 342 g/mol. The van der Waals surface area contributed by atoms with E-state index in [0.29, 0.717) is 22.4 Å². The SMILES string of the molecule is O=C(Nc1ccc2c(c1)C(=O)c1ccccc1C2=O)OCc1ccccc1. The van der Waals surface area contributed by atoms with E-state index in [1.807, 2.05) is 30.3 Å². The third-order valence-electron chi connectivity index (χ3n) is 4.38. The minimum atomic E-state index is -0.631. The van der Waals surface area contributed by atoms with Crippen LogP contribution in [0.2, 0.25) is 0 Å². The van der Waals surface area contributed by atoms with E-state index >= 15 is 0 Å². The number of carbonyl (C=O) groups is 3. The summed E-state index contributed by atoms with van der Waals surface area (Å²) >= 11 is 0. The van der Waals surface area contributed by atoms with Crippen LogP contribution in [0.1, 0.15) is 37.4 Å². The molecule has 0 aliphatic heterocycles. The lowest BCUT2D eigenvalue weighted by Crippen LogP contribution is -2.21. The standard InChI is InChI=1S/C22H15NO4/c24-20-16-8-4-5-9-17(16)21(25)19-12-15(10-11-18(19)20)23-22(26)27-13-14-6-2-1-3-7-14/h1-12H,13H2,(H,23,26). The van der Waals surface area contributed by atoms with Crippen molar-refractivity contribution in [3.05, 3.63) is 101 Å². The Kier molecular flexibility index (Phi) is 4.26. The van der Waals surface area contributed by atoms with Crippen LogP contribution in [0.5, 0.6) is 0 Å². The van der Waals surface area contributed by atoms with E-state index in [9.17, 15) is 14.4 Å². The quantitative estimate of drug-likeness (QED) is 0.596. The van der Waals surface area contributed by atoms with Gasteiger partial charge in [-0.2, -0.15) is 0 Å². The molecule has 3 aromatic carbocycles. The van der Waals surface area contributed by atoms with Gasteiger partial charge in [-0.25, -0.2) is 4.79 Å². The highest BCUT2D eigenvalue weighted by Gasteiger charge is 2.29. The number of benzene rings is 3. The largest absolute Gasteiger partial charge is 0.444 e. The Bertz CT molecular complexity index is 1060. The number of fused-ring (bicyclic) bond motifs is 2. The summed E-state index contributed by atoms with van der Waals surface area (Å²) in [4.78, 5) is 37.3. The molecule has 5 nitrogen and oxygen atoms in total. The maximum atomic E-state index is 12.7. The predicted molar refractivity (Wildman–Crippen MR) is 100.0 cm³/mol. The normalized spacial score (nSPS) is 12.1. The Balaban J connectivity index is 1.52. The van der Waals surface area contributed by atoms with E-state index in [1.54, 1.807) is 36.4 Å². The number of hydrogen-bond acceptors (Lipinski definition) is 4. The van der Waals surface area contributed by atoms with Crippen molar-refractivity contribution in [3.63, 3.8) is 0 Å². The van der Waals surface area contributed by atoms with Crippen molar-refractivity contribution in [1.82, 2.24) is 0 Å². The smallest absolute Gasteiger partial charge is 0.411 e. The van der Waals surface area contributed by atoms with E-state index in [4.69, 9.17) is 4.74 Å². The molecule has 0 radical (unpaired) electrons. The lowest BCUT2D eigenvalue weighted by Gasteiger charge is -2.18. The number of ketones is 2. The van der Waals surface area contributed by atoms with Gasteiger partial charge < -0.3 is 4.74 Å². The Labute approximate surface area is 155 Å². The summed E-state index contributed by atoms with van der Waals surface area (Å²) in [6, 6.07) is 20.7. The Morgan fingerprint density at radius 3 is 2.04 bits per heavy atom. The summed E-state index contributed by atoms with van der Waals surface area (Å²) in [6.45, 7) is 0.141. The number of nitrogens with one attached hydrogen (secondary N) is 1. The maximum Gasteiger partial charge on any atom is 0.411 e. The average Bonchev–Trinajstić information content (AvgIpc) is 2.71. The van der Waals surface area contributed by atoms with Gasteiger partial charge in [-0.3, -0.25) is 14.9 Å². The van der Waals surface area contributed by atoms with Crippen LogP contribution >= 0.6 is 0 Å². The molecule has 0 spiro atoms. The number of carbonyl (C=O) groups excluding carboxylic acids is 3. The summed E-state index contributed by atoms with van der Waals surface area (Å²) < 4.78 is 5.18. The molecule has 3 aromatic rings. The molecule has 0 saturated carbocycles. The van der Waals surface area contributed by atoms with Crippen molar-refractivity contribution in [2.24, 2.45) is 0 Å². The molecule has 1 aliphatic rings. The van der Waals surface area contributed by atoms with Crippen molar-refractivity contribution in [1.29, 1.82) is 0 Å². The first-order valence-corrected chi connectivity index (χ1v) is 8.43. The molecule has 0 aromatic heterocycles. The first-order valence-electron chi connectivity index (χ1n) is 8.43. The Morgan fingerprint density at radius 2 is 1.33 bits per heavy atom. The number of amides is 1. The third kappa shape index (κ3) is 3.22. The second-order valence-corrected chi connectivity index (χ2v) is 6.15. The second kappa shape index (κ2) is 6.88. The van der Waals surface area contributed by atoms with Crippen molar-refractivity contribution in [2.75, 3.05) is 5.32 Å². The average molecular weight is 357 g/mol. The highest BCUT2D eigenvalue weighted by Crippen LogP contribution is 2.29. The van der Waals surface area contributed by atoms with Crippen LogP contribution in [0.3, 0.4) is 0 Å². The molecule has 1 aliphatic carbocycles. The van der Waals surface area contributed by atoms with Gasteiger partial charge in [0.25, 0.3) is 0 Å². The minimum Gasteiger partial charge on any atom is -0.444 e. The third-order valence-corrected chi connectivity index (χ3v) is 4.38. The van der Waals surface area contributed by atoms with Gasteiger partial charge in [-0.05, 0) is 23.8 Å². The van der Waals surface area contributed by atoms with Crippen molar-refractivity contribution < 1.29 is 19.1 Å². The fourth-order valence-electron chi connectivity index (χ4n) is 3.05. The van der Waals surface area contributed by atoms with Crippen molar-refractivity contribution in [3.8, 4) is 0 Å². The molecular formula is C22H15NO4. The lowest BCUT2D eigenvalue weighted by molar-refractivity contribution is 0.0979. The van der Waals surface area contributed by atoms with Gasteiger partial charge in [-0.1, -0.05) is 54.6 Å². The molecule has 0 saturated heterocycles. The summed E-state index contributed by atoms with van der Waals surface area (Å²) in [5.74, 6) is -0.431. The van der Waals surface area contributed by atoms with E-state index in [-0.39, 0.29) is 23.7 Å². The van der Waals surface area contributed by atoms with Crippen LogP contribution in [-0.2, 0) is 11.3 Å². The predicted octanol–water partition coefficient (Wildman–Crippen LogP) is 4.21. The van der Waals surface area contributed by atoms with Gasteiger partial charge in [-0.15, -0.1) is 0 Å². The first-order chi connectivity index (χ1) is 13.1. The highest BCUT2D eigenvalue weighted by atomic mass is 16.5. The number of ether oxygens (including phenoxy) is 1. The van der Waals surface area contributed by atoms with Gasteiger partial charge in [0.1, 0.15) is 6.61 Å². The van der Waals surface area contributed by atoms with Gasteiger partial charge in [0.05, 0.1) is 0 Å².